The molecule has 104 valence electrons. The Bertz CT molecular complexity index is 578. The molecule has 2 rings (SSSR count). The predicted molar refractivity (Wildman–Crippen MR) is 91.6 cm³/mol. The van der Waals surface area contributed by atoms with E-state index in [1.54, 1.807) is 6.08 Å². The molecule has 0 aliphatic rings. The number of terminal acetylenes is 1. The fraction of sp³-hybridized carbons (Fsp3) is 0.100. The first-order valence-corrected chi connectivity index (χ1v) is 7.07. The van der Waals surface area contributed by atoms with Gasteiger partial charge in [-0.2, -0.15) is 0 Å². The third-order valence-corrected chi connectivity index (χ3v) is 3.09. The minimum Gasteiger partial charge on any atom is -0.341 e. The van der Waals surface area contributed by atoms with Crippen molar-refractivity contribution in [3.63, 3.8) is 0 Å². The average molecular weight is 273 g/mol. The molecule has 1 heteroatoms. The van der Waals surface area contributed by atoms with Crippen molar-refractivity contribution in [2.45, 2.75) is 6.42 Å². The summed E-state index contributed by atoms with van der Waals surface area (Å²) < 4.78 is 0. The van der Waals surface area contributed by atoms with Crippen molar-refractivity contribution in [2.75, 3.05) is 11.4 Å². The van der Waals surface area contributed by atoms with Crippen LogP contribution in [0.5, 0.6) is 0 Å². The van der Waals surface area contributed by atoms with Crippen LogP contribution in [0, 0.1) is 12.3 Å². The minimum atomic E-state index is 0.925. The lowest BCUT2D eigenvalue weighted by Crippen LogP contribution is -2.17. The maximum atomic E-state index is 5.16. The van der Waals surface area contributed by atoms with E-state index in [1.807, 2.05) is 24.3 Å². The second-order valence-corrected chi connectivity index (χ2v) is 4.57. The van der Waals surface area contributed by atoms with Crippen molar-refractivity contribution in [1.29, 1.82) is 0 Å². The standard InChI is InChI=1S/C20H19N/c1-2-3-4-5-6-13-18-21(19-14-9-7-10-15-19)20-16-11-8-12-17-20/h1,3-12,14-17H,13,18H2/b4-3-,6-5-. The van der Waals surface area contributed by atoms with E-state index in [4.69, 9.17) is 6.42 Å². The van der Waals surface area contributed by atoms with Gasteiger partial charge in [-0.15, -0.1) is 6.42 Å². The molecule has 0 saturated heterocycles. The van der Waals surface area contributed by atoms with Crippen molar-refractivity contribution in [1.82, 2.24) is 0 Å². The number of hydrogen-bond acceptors (Lipinski definition) is 1. The van der Waals surface area contributed by atoms with Gasteiger partial charge >= 0.3 is 0 Å². The van der Waals surface area contributed by atoms with Crippen LogP contribution in [-0.4, -0.2) is 6.54 Å². The zero-order valence-electron chi connectivity index (χ0n) is 12.0. The van der Waals surface area contributed by atoms with Crippen molar-refractivity contribution < 1.29 is 0 Å². The van der Waals surface area contributed by atoms with Gasteiger partial charge in [-0.05, 0) is 36.8 Å². The smallest absolute Gasteiger partial charge is 0.0410 e. The van der Waals surface area contributed by atoms with Gasteiger partial charge in [-0.25, -0.2) is 0 Å². The molecule has 2 aromatic carbocycles. The summed E-state index contributed by atoms with van der Waals surface area (Å²) in [6, 6.07) is 20.9. The highest BCUT2D eigenvalue weighted by Crippen LogP contribution is 2.24. The Morgan fingerprint density at radius 3 is 1.95 bits per heavy atom. The monoisotopic (exact) mass is 273 g/mol. The molecule has 0 bridgehead atoms. The highest BCUT2D eigenvalue weighted by atomic mass is 15.1. The van der Waals surface area contributed by atoms with Crippen LogP contribution in [-0.2, 0) is 0 Å². The second-order valence-electron chi connectivity index (χ2n) is 4.57. The number of anilines is 2. The predicted octanol–water partition coefficient (Wildman–Crippen LogP) is 4.96. The topological polar surface area (TPSA) is 3.24 Å². The van der Waals surface area contributed by atoms with E-state index in [2.05, 4.69) is 65.4 Å². The maximum Gasteiger partial charge on any atom is 0.0410 e. The number of benzene rings is 2. The molecule has 0 aliphatic heterocycles. The molecule has 0 spiro atoms. The Hall–Kier alpha value is -2.72. The molecular formula is C20H19N. The summed E-state index contributed by atoms with van der Waals surface area (Å²) in [5.41, 5.74) is 2.41. The largest absolute Gasteiger partial charge is 0.341 e. The van der Waals surface area contributed by atoms with E-state index in [9.17, 15) is 0 Å². The van der Waals surface area contributed by atoms with Gasteiger partial charge in [-0.3, -0.25) is 0 Å². The number of allylic oxidation sites excluding steroid dienone is 3. The number of rotatable bonds is 6. The molecule has 0 heterocycles. The number of para-hydroxylation sites is 2. The molecule has 0 saturated carbocycles. The van der Waals surface area contributed by atoms with E-state index in [1.165, 1.54) is 11.4 Å². The first-order chi connectivity index (χ1) is 10.4. The van der Waals surface area contributed by atoms with Crippen molar-refractivity contribution in [2.24, 2.45) is 0 Å². The summed E-state index contributed by atoms with van der Waals surface area (Å²) >= 11 is 0. The third-order valence-electron chi connectivity index (χ3n) is 3.09. The molecule has 0 atom stereocenters. The van der Waals surface area contributed by atoms with E-state index < -0.39 is 0 Å². The Labute approximate surface area is 127 Å². The first kappa shape index (κ1) is 14.7. The molecular weight excluding hydrogens is 254 g/mol. The van der Waals surface area contributed by atoms with Gasteiger partial charge in [0.05, 0.1) is 0 Å². The lowest BCUT2D eigenvalue weighted by Gasteiger charge is -2.24. The molecule has 0 aromatic heterocycles. The van der Waals surface area contributed by atoms with E-state index in [0.29, 0.717) is 0 Å². The highest BCUT2D eigenvalue weighted by molar-refractivity contribution is 5.62. The van der Waals surface area contributed by atoms with Crippen molar-refractivity contribution >= 4 is 11.4 Å². The number of nitrogens with zero attached hydrogens (tertiary/aromatic N) is 1. The second kappa shape index (κ2) is 8.45. The summed E-state index contributed by atoms with van der Waals surface area (Å²) in [5.74, 6) is 2.48. The SMILES string of the molecule is C#C/C=C\C=C/CCN(c1ccccc1)c1ccccc1. The minimum absolute atomic E-state index is 0.925. The Kier molecular flexibility index (Phi) is 5.91. The fourth-order valence-electron chi connectivity index (χ4n) is 2.11. The molecule has 0 N–H and O–H groups in total. The normalized spacial score (nSPS) is 10.8. The molecule has 2 aromatic rings. The maximum absolute atomic E-state index is 5.16. The Morgan fingerprint density at radius 1 is 0.857 bits per heavy atom. The molecule has 0 fully saturated rings. The van der Waals surface area contributed by atoms with Crippen LogP contribution in [0.1, 0.15) is 6.42 Å². The summed E-state index contributed by atoms with van der Waals surface area (Å²) in [6.45, 7) is 0.925. The average Bonchev–Trinajstić information content (AvgIpc) is 2.56. The molecule has 0 radical (unpaired) electrons. The van der Waals surface area contributed by atoms with Gasteiger partial charge in [0.25, 0.3) is 0 Å². The lowest BCUT2D eigenvalue weighted by molar-refractivity contribution is 0.941. The molecule has 21 heavy (non-hydrogen) atoms. The fourth-order valence-corrected chi connectivity index (χ4v) is 2.11. The zero-order chi connectivity index (χ0) is 14.8. The van der Waals surface area contributed by atoms with Gasteiger partial charge in [0, 0.05) is 17.9 Å². The van der Waals surface area contributed by atoms with Crippen molar-refractivity contribution in [3.8, 4) is 12.3 Å². The van der Waals surface area contributed by atoms with Gasteiger partial charge in [-0.1, -0.05) is 60.5 Å². The van der Waals surface area contributed by atoms with E-state index in [-0.39, 0.29) is 0 Å². The molecule has 0 aliphatic carbocycles. The Morgan fingerprint density at radius 2 is 1.43 bits per heavy atom. The van der Waals surface area contributed by atoms with Gasteiger partial charge < -0.3 is 4.90 Å². The van der Waals surface area contributed by atoms with Gasteiger partial charge in [0.2, 0.25) is 0 Å². The number of hydrogen-bond donors (Lipinski definition) is 0. The van der Waals surface area contributed by atoms with E-state index >= 15 is 0 Å². The molecule has 1 nitrogen and oxygen atoms in total. The summed E-state index contributed by atoms with van der Waals surface area (Å²) in [7, 11) is 0. The highest BCUT2D eigenvalue weighted by Gasteiger charge is 2.06. The van der Waals surface area contributed by atoms with Gasteiger partial charge in [0.15, 0.2) is 0 Å². The van der Waals surface area contributed by atoms with Crippen LogP contribution in [0.15, 0.2) is 85.0 Å². The van der Waals surface area contributed by atoms with Crippen LogP contribution in [0.25, 0.3) is 0 Å². The van der Waals surface area contributed by atoms with Crippen LogP contribution in [0.3, 0.4) is 0 Å². The zero-order valence-corrected chi connectivity index (χ0v) is 12.0. The summed E-state index contributed by atoms with van der Waals surface area (Å²) in [6.07, 6.45) is 13.8. The van der Waals surface area contributed by atoms with Crippen molar-refractivity contribution in [3.05, 3.63) is 85.0 Å². The van der Waals surface area contributed by atoms with Gasteiger partial charge in [0.1, 0.15) is 0 Å². The third kappa shape index (κ3) is 4.71. The Balaban J connectivity index is 2.09. The van der Waals surface area contributed by atoms with E-state index in [0.717, 1.165) is 13.0 Å². The summed E-state index contributed by atoms with van der Waals surface area (Å²) in [4.78, 5) is 2.31. The first-order valence-electron chi connectivity index (χ1n) is 7.07. The molecule has 0 unspecified atom stereocenters. The van der Waals surface area contributed by atoms with Crippen LogP contribution >= 0.6 is 0 Å². The summed E-state index contributed by atoms with van der Waals surface area (Å²) in [5, 5.41) is 0. The van der Waals surface area contributed by atoms with Crippen LogP contribution in [0.4, 0.5) is 11.4 Å². The van der Waals surface area contributed by atoms with Crippen LogP contribution < -0.4 is 4.90 Å². The quantitative estimate of drug-likeness (QED) is 0.531. The van der Waals surface area contributed by atoms with Crippen LogP contribution in [0.2, 0.25) is 0 Å². The molecule has 0 amide bonds. The lowest BCUT2D eigenvalue weighted by atomic mass is 10.2.